The van der Waals surface area contributed by atoms with Crippen LogP contribution in [0.4, 0.5) is 9.59 Å². The number of benzene rings is 1. The number of rotatable bonds is 7. The van der Waals surface area contributed by atoms with Crippen molar-refractivity contribution in [3.8, 4) is 0 Å². The zero-order chi connectivity index (χ0) is 25.7. The molecule has 2 aliphatic rings. The van der Waals surface area contributed by atoms with Gasteiger partial charge in [0.25, 0.3) is 0 Å². The number of hydrogen-bond donors (Lipinski definition) is 2. The topological polar surface area (TPSA) is 94.2 Å². The van der Waals surface area contributed by atoms with Crippen molar-refractivity contribution in [3.05, 3.63) is 46.1 Å². The van der Waals surface area contributed by atoms with Gasteiger partial charge in [0.05, 0.1) is 18.2 Å². The zero-order valence-electron chi connectivity index (χ0n) is 21.1. The summed E-state index contributed by atoms with van der Waals surface area (Å²) < 4.78 is 5.43. The fraction of sp³-hybridized carbons (Fsp3) is 0.560. The lowest BCUT2D eigenvalue weighted by molar-refractivity contribution is -0.139. The van der Waals surface area contributed by atoms with Gasteiger partial charge in [-0.15, -0.1) is 0 Å². The second kappa shape index (κ2) is 11.8. The summed E-state index contributed by atoms with van der Waals surface area (Å²) >= 11 is 6.07. The van der Waals surface area contributed by atoms with E-state index < -0.39 is 12.0 Å². The average molecular weight is 506 g/mol. The number of hydrogen-bond acceptors (Lipinski definition) is 5. The molecule has 2 aliphatic heterocycles. The van der Waals surface area contributed by atoms with E-state index in [0.29, 0.717) is 49.0 Å². The Morgan fingerprint density at radius 2 is 1.89 bits per heavy atom. The molecule has 0 spiro atoms. The largest absolute Gasteiger partial charge is 0.463 e. The molecule has 10 heteroatoms. The lowest BCUT2D eigenvalue weighted by Crippen LogP contribution is -2.58. The molecule has 9 nitrogen and oxygen atoms in total. The molecule has 1 fully saturated rings. The molecule has 3 rings (SSSR count). The number of nitrogens with one attached hydrogen (secondary N) is 2. The molecule has 192 valence electrons. The molecule has 2 N–H and O–H groups in total. The molecule has 1 aromatic rings. The van der Waals surface area contributed by atoms with Gasteiger partial charge in [0.1, 0.15) is 0 Å². The molecular weight excluding hydrogens is 470 g/mol. The lowest BCUT2D eigenvalue weighted by atomic mass is 9.94. The number of carbonyl (C=O) groups is 3. The van der Waals surface area contributed by atoms with Crippen LogP contribution in [0.3, 0.4) is 0 Å². The van der Waals surface area contributed by atoms with Crippen LogP contribution in [-0.4, -0.2) is 84.1 Å². The number of esters is 1. The smallest absolute Gasteiger partial charge is 0.338 e. The van der Waals surface area contributed by atoms with Crippen LogP contribution in [-0.2, 0) is 9.53 Å². The molecule has 2 atom stereocenters. The fourth-order valence-corrected chi connectivity index (χ4v) is 4.71. The summed E-state index contributed by atoms with van der Waals surface area (Å²) in [6, 6.07) is 6.14. The standard InChI is InChI=1S/C25H36ClN5O4/c1-6-30-20(15-29-12-13-31(17(5)14-29)24(33)27-16(3)4)21(23(32)35-7-2)22(28-25(30)34)18-8-10-19(26)11-9-18/h8-11,16-17,22H,6-7,12-15H2,1-5H3,(H,27,33)(H,28,34)/t17-,22+/m0/s1. The predicted octanol–water partition coefficient (Wildman–Crippen LogP) is 3.37. The van der Waals surface area contributed by atoms with Crippen LogP contribution in [0.5, 0.6) is 0 Å². The van der Waals surface area contributed by atoms with Crippen LogP contribution in [0.15, 0.2) is 35.5 Å². The Bertz CT molecular complexity index is 965. The van der Waals surface area contributed by atoms with Gasteiger partial charge in [-0.1, -0.05) is 23.7 Å². The van der Waals surface area contributed by atoms with E-state index in [1.54, 1.807) is 36.1 Å². The molecule has 0 bridgehead atoms. The minimum absolute atomic E-state index is 0.0197. The number of urea groups is 2. The summed E-state index contributed by atoms with van der Waals surface area (Å²) in [5, 5.41) is 6.49. The Kier molecular flexibility index (Phi) is 9.02. The predicted molar refractivity (Wildman–Crippen MR) is 135 cm³/mol. The Labute approximate surface area is 212 Å². The summed E-state index contributed by atoms with van der Waals surface area (Å²) in [6.07, 6.45) is 0. The number of ether oxygens (including phenoxy) is 1. The van der Waals surface area contributed by atoms with E-state index in [4.69, 9.17) is 16.3 Å². The van der Waals surface area contributed by atoms with E-state index in [1.807, 2.05) is 32.6 Å². The Morgan fingerprint density at radius 1 is 1.20 bits per heavy atom. The van der Waals surface area contributed by atoms with Crippen molar-refractivity contribution in [2.24, 2.45) is 0 Å². The molecule has 4 amide bonds. The van der Waals surface area contributed by atoms with Gasteiger partial charge in [0, 0.05) is 55.5 Å². The molecule has 35 heavy (non-hydrogen) atoms. The monoisotopic (exact) mass is 505 g/mol. The summed E-state index contributed by atoms with van der Waals surface area (Å²) in [7, 11) is 0. The molecular formula is C25H36ClN5O4. The van der Waals surface area contributed by atoms with Gasteiger partial charge in [0.2, 0.25) is 0 Å². The van der Waals surface area contributed by atoms with Crippen LogP contribution in [0, 0.1) is 0 Å². The number of halogens is 1. The minimum atomic E-state index is -0.646. The normalized spacial score (nSPS) is 21.3. The van der Waals surface area contributed by atoms with Crippen LogP contribution in [0.25, 0.3) is 0 Å². The fourth-order valence-electron chi connectivity index (χ4n) is 4.58. The number of piperazine rings is 1. The Balaban J connectivity index is 1.93. The third kappa shape index (κ3) is 6.27. The van der Waals surface area contributed by atoms with Gasteiger partial charge in [-0.25, -0.2) is 14.4 Å². The molecule has 1 aromatic carbocycles. The maximum absolute atomic E-state index is 13.2. The van der Waals surface area contributed by atoms with Crippen molar-refractivity contribution in [1.82, 2.24) is 25.3 Å². The van der Waals surface area contributed by atoms with Gasteiger partial charge in [-0.05, 0) is 52.3 Å². The summed E-state index contributed by atoms with van der Waals surface area (Å²) in [4.78, 5) is 44.5. The van der Waals surface area contributed by atoms with E-state index in [-0.39, 0.29) is 30.8 Å². The number of nitrogens with zero attached hydrogens (tertiary/aromatic N) is 3. The molecule has 0 saturated carbocycles. The molecule has 0 aliphatic carbocycles. The van der Waals surface area contributed by atoms with Gasteiger partial charge >= 0.3 is 18.0 Å². The lowest BCUT2D eigenvalue weighted by Gasteiger charge is -2.43. The second-order valence-electron chi connectivity index (χ2n) is 9.14. The van der Waals surface area contributed by atoms with Crippen LogP contribution < -0.4 is 10.6 Å². The highest BCUT2D eigenvalue weighted by Crippen LogP contribution is 2.33. The molecule has 0 unspecified atom stereocenters. The zero-order valence-corrected chi connectivity index (χ0v) is 21.9. The van der Waals surface area contributed by atoms with E-state index in [1.165, 1.54) is 0 Å². The maximum atomic E-state index is 13.2. The van der Waals surface area contributed by atoms with E-state index in [0.717, 1.165) is 5.56 Å². The van der Waals surface area contributed by atoms with Crippen molar-refractivity contribution in [2.45, 2.75) is 52.7 Å². The van der Waals surface area contributed by atoms with Crippen LogP contribution in [0.1, 0.15) is 46.2 Å². The first kappa shape index (κ1) is 26.8. The number of likely N-dealkylation sites (N-methyl/N-ethyl adjacent to an activating group) is 1. The van der Waals surface area contributed by atoms with Gasteiger partial charge in [0.15, 0.2) is 0 Å². The SMILES string of the molecule is CCOC(=O)C1=C(CN2CCN(C(=O)NC(C)C)[C@@H](C)C2)N(CC)C(=O)N[C@@H]1c1ccc(Cl)cc1. The highest BCUT2D eigenvalue weighted by Gasteiger charge is 2.39. The quantitative estimate of drug-likeness (QED) is 0.554. The first-order valence-corrected chi connectivity index (χ1v) is 12.6. The van der Waals surface area contributed by atoms with Gasteiger partial charge in [-0.2, -0.15) is 0 Å². The van der Waals surface area contributed by atoms with Crippen LogP contribution >= 0.6 is 11.6 Å². The van der Waals surface area contributed by atoms with E-state index in [2.05, 4.69) is 15.5 Å². The average Bonchev–Trinajstić information content (AvgIpc) is 2.79. The highest BCUT2D eigenvalue weighted by molar-refractivity contribution is 6.30. The second-order valence-corrected chi connectivity index (χ2v) is 9.58. The maximum Gasteiger partial charge on any atom is 0.338 e. The number of amides is 4. The van der Waals surface area contributed by atoms with E-state index >= 15 is 0 Å². The van der Waals surface area contributed by atoms with Crippen LogP contribution in [0.2, 0.25) is 5.02 Å². The summed E-state index contributed by atoms with van der Waals surface area (Å²) in [6.45, 7) is 12.3. The van der Waals surface area contributed by atoms with E-state index in [9.17, 15) is 14.4 Å². The summed E-state index contributed by atoms with van der Waals surface area (Å²) in [5.74, 6) is -0.455. The Hall–Kier alpha value is -2.78. The molecule has 2 heterocycles. The number of carbonyl (C=O) groups excluding carboxylic acids is 3. The van der Waals surface area contributed by atoms with Crippen molar-refractivity contribution in [1.29, 1.82) is 0 Å². The van der Waals surface area contributed by atoms with Crippen molar-refractivity contribution >= 4 is 29.6 Å². The minimum Gasteiger partial charge on any atom is -0.463 e. The third-order valence-corrected chi connectivity index (χ3v) is 6.46. The molecule has 0 radical (unpaired) electrons. The van der Waals surface area contributed by atoms with Gasteiger partial charge in [-0.3, -0.25) is 9.80 Å². The highest BCUT2D eigenvalue weighted by atomic mass is 35.5. The van der Waals surface area contributed by atoms with Crippen molar-refractivity contribution in [2.75, 3.05) is 39.3 Å². The molecule has 1 saturated heterocycles. The summed E-state index contributed by atoms with van der Waals surface area (Å²) in [5.41, 5.74) is 1.80. The van der Waals surface area contributed by atoms with Crippen molar-refractivity contribution < 1.29 is 19.1 Å². The van der Waals surface area contributed by atoms with Gasteiger partial charge < -0.3 is 20.3 Å². The first-order valence-electron chi connectivity index (χ1n) is 12.2. The Morgan fingerprint density at radius 3 is 2.46 bits per heavy atom. The third-order valence-electron chi connectivity index (χ3n) is 6.21. The first-order chi connectivity index (χ1) is 16.7. The van der Waals surface area contributed by atoms with Crippen molar-refractivity contribution in [3.63, 3.8) is 0 Å². The molecule has 0 aromatic heterocycles.